The third-order valence-electron chi connectivity index (χ3n) is 4.98. The SMILES string of the molecule is O=[N+]([O-])c1ccc2c(N=Nc3ccc4c([O-])cccc4c3S(=O)(=O)[O-])c(O)cc(S(=O)(=O)O)c2c1.[Na+].[Na+]. The minimum absolute atomic E-state index is 0. The molecule has 37 heavy (non-hydrogen) atoms. The van der Waals surface area contributed by atoms with Gasteiger partial charge in [0.1, 0.15) is 32.1 Å². The Morgan fingerprint density at radius 2 is 1.49 bits per heavy atom. The van der Waals surface area contributed by atoms with Crippen molar-refractivity contribution < 1.29 is 100 Å². The number of benzene rings is 4. The van der Waals surface area contributed by atoms with Crippen LogP contribution in [0.4, 0.5) is 17.1 Å². The number of phenols is 1. The molecule has 0 spiro atoms. The number of nitro benzene ring substituents is 1. The molecule has 0 atom stereocenters. The third-order valence-corrected chi connectivity index (χ3v) is 6.80. The van der Waals surface area contributed by atoms with Gasteiger partial charge in [0.05, 0.1) is 9.82 Å². The van der Waals surface area contributed by atoms with E-state index in [1.54, 1.807) is 0 Å². The molecule has 17 heteroatoms. The molecule has 0 radical (unpaired) electrons. The van der Waals surface area contributed by atoms with Crippen LogP contribution in [0.2, 0.25) is 0 Å². The molecule has 0 saturated heterocycles. The van der Waals surface area contributed by atoms with E-state index in [-0.39, 0.29) is 80.7 Å². The van der Waals surface area contributed by atoms with Gasteiger partial charge in [0.2, 0.25) is 0 Å². The fraction of sp³-hybridized carbons (Fsp3) is 0. The van der Waals surface area contributed by atoms with Gasteiger partial charge in [-0.1, -0.05) is 24.3 Å². The summed E-state index contributed by atoms with van der Waals surface area (Å²) in [4.78, 5) is 8.63. The van der Waals surface area contributed by atoms with Gasteiger partial charge >= 0.3 is 59.1 Å². The van der Waals surface area contributed by atoms with Crippen LogP contribution in [0.3, 0.4) is 0 Å². The molecule has 4 rings (SSSR count). The summed E-state index contributed by atoms with van der Waals surface area (Å²) < 4.78 is 68.9. The van der Waals surface area contributed by atoms with Crippen LogP contribution in [0.15, 0.2) is 74.6 Å². The van der Waals surface area contributed by atoms with Crippen LogP contribution in [-0.2, 0) is 20.2 Å². The van der Waals surface area contributed by atoms with Gasteiger partial charge in [-0.05, 0) is 17.5 Å². The Kier molecular flexibility index (Phi) is 9.47. The molecule has 0 aliphatic carbocycles. The van der Waals surface area contributed by atoms with Crippen molar-refractivity contribution in [3.8, 4) is 11.5 Å². The molecular weight excluding hydrogens is 552 g/mol. The first-order chi connectivity index (χ1) is 16.3. The van der Waals surface area contributed by atoms with Crippen molar-refractivity contribution in [3.05, 3.63) is 64.7 Å². The maximum atomic E-state index is 12.0. The van der Waals surface area contributed by atoms with Crippen molar-refractivity contribution in [1.29, 1.82) is 0 Å². The largest absolute Gasteiger partial charge is 1.00 e. The smallest absolute Gasteiger partial charge is 0.872 e. The van der Waals surface area contributed by atoms with Gasteiger partial charge in [-0.15, -0.1) is 16.0 Å². The van der Waals surface area contributed by atoms with Crippen LogP contribution in [0, 0.1) is 10.1 Å². The molecule has 180 valence electrons. The van der Waals surface area contributed by atoms with Crippen LogP contribution < -0.4 is 64.2 Å². The summed E-state index contributed by atoms with van der Waals surface area (Å²) in [6, 6.07) is 9.37. The standard InChI is InChI=1S/C20H13N3O10S2.2Na/c24-16-3-1-2-13-11(16)6-7-15(20(13)35(31,32)33)21-22-19-12-5-4-10(23(26)27)8-14(12)18(9-17(19)25)34(28,29)30;;/h1-9,24-25H,(H,28,29,30)(H,31,32,33);;/q;2*+1/p-2. The number of rotatable bonds is 5. The molecule has 0 fully saturated rings. The molecule has 13 nitrogen and oxygen atoms in total. The number of nitrogens with zero attached hydrogens (tertiary/aromatic N) is 3. The molecule has 0 amide bonds. The maximum absolute atomic E-state index is 12.0. The first-order valence-corrected chi connectivity index (χ1v) is 12.2. The number of fused-ring (bicyclic) bond motifs is 2. The quantitative estimate of drug-likeness (QED) is 0.0837. The second-order valence-corrected chi connectivity index (χ2v) is 9.83. The van der Waals surface area contributed by atoms with E-state index < -0.39 is 63.5 Å². The number of phenolic OH excluding ortho intramolecular Hbond substituents is 1. The normalized spacial score (nSPS) is 11.8. The second kappa shape index (κ2) is 11.3. The number of hydrogen-bond acceptors (Lipinski definition) is 11. The van der Waals surface area contributed by atoms with E-state index in [4.69, 9.17) is 0 Å². The van der Waals surface area contributed by atoms with Gasteiger partial charge in [0, 0.05) is 34.4 Å². The average molecular weight is 563 g/mol. The summed E-state index contributed by atoms with van der Waals surface area (Å²) in [6.45, 7) is 0. The average Bonchev–Trinajstić information content (AvgIpc) is 2.76. The Balaban J connectivity index is 0.00000241. The molecule has 0 heterocycles. The fourth-order valence-corrected chi connectivity index (χ4v) is 5.04. The Labute approximate surface area is 253 Å². The minimum Gasteiger partial charge on any atom is -0.872 e. The van der Waals surface area contributed by atoms with E-state index >= 15 is 0 Å². The van der Waals surface area contributed by atoms with E-state index in [1.807, 2.05) is 0 Å². The molecule has 0 aromatic heterocycles. The molecule has 0 bridgehead atoms. The Hall–Kier alpha value is -2.18. The van der Waals surface area contributed by atoms with Gasteiger partial charge in [-0.3, -0.25) is 14.7 Å². The van der Waals surface area contributed by atoms with E-state index in [1.165, 1.54) is 24.3 Å². The zero-order valence-corrected chi connectivity index (χ0v) is 24.6. The van der Waals surface area contributed by atoms with E-state index in [2.05, 4.69) is 10.2 Å². The van der Waals surface area contributed by atoms with Crippen LogP contribution in [0.5, 0.6) is 11.5 Å². The van der Waals surface area contributed by atoms with Crippen LogP contribution in [-0.4, -0.2) is 36.0 Å². The van der Waals surface area contributed by atoms with Crippen LogP contribution >= 0.6 is 0 Å². The van der Waals surface area contributed by atoms with Crippen molar-refractivity contribution in [2.45, 2.75) is 9.79 Å². The van der Waals surface area contributed by atoms with Gasteiger partial charge in [-0.25, -0.2) is 8.42 Å². The van der Waals surface area contributed by atoms with E-state index in [0.717, 1.165) is 24.3 Å². The fourth-order valence-electron chi connectivity index (χ4n) is 3.52. The molecule has 2 N–H and O–H groups in total. The zero-order chi connectivity index (χ0) is 25.7. The van der Waals surface area contributed by atoms with E-state index in [0.29, 0.717) is 6.07 Å². The summed E-state index contributed by atoms with van der Waals surface area (Å²) in [5.74, 6) is -1.36. The summed E-state index contributed by atoms with van der Waals surface area (Å²) in [6.07, 6.45) is 0. The molecule has 4 aromatic carbocycles. The van der Waals surface area contributed by atoms with Crippen molar-refractivity contribution >= 4 is 58.8 Å². The first kappa shape index (κ1) is 31.0. The van der Waals surface area contributed by atoms with Crippen molar-refractivity contribution in [1.82, 2.24) is 0 Å². The molecule has 0 aliphatic rings. The topological polar surface area (TPSA) is 223 Å². The first-order valence-electron chi connectivity index (χ1n) is 9.31. The zero-order valence-electron chi connectivity index (χ0n) is 19.0. The number of aromatic hydroxyl groups is 1. The predicted molar refractivity (Wildman–Crippen MR) is 118 cm³/mol. The summed E-state index contributed by atoms with van der Waals surface area (Å²) >= 11 is 0. The third kappa shape index (κ3) is 6.12. The predicted octanol–water partition coefficient (Wildman–Crippen LogP) is -2.75. The Bertz CT molecular complexity index is 1810. The van der Waals surface area contributed by atoms with Crippen LogP contribution in [0.25, 0.3) is 21.5 Å². The molecular formula is C20H11N3Na2O10S2. The summed E-state index contributed by atoms with van der Waals surface area (Å²) in [5, 5.41) is 40.2. The minimum atomic E-state index is -5.17. The van der Waals surface area contributed by atoms with Crippen molar-refractivity contribution in [3.63, 3.8) is 0 Å². The number of nitro groups is 1. The summed E-state index contributed by atoms with van der Waals surface area (Å²) in [5.41, 5.74) is -1.45. The molecule has 0 unspecified atom stereocenters. The van der Waals surface area contributed by atoms with Crippen molar-refractivity contribution in [2.24, 2.45) is 10.2 Å². The Morgan fingerprint density at radius 1 is 0.838 bits per heavy atom. The van der Waals surface area contributed by atoms with E-state index in [9.17, 15) is 46.3 Å². The van der Waals surface area contributed by atoms with Crippen LogP contribution in [0.1, 0.15) is 0 Å². The number of non-ortho nitro benzene ring substituents is 1. The Morgan fingerprint density at radius 3 is 2.08 bits per heavy atom. The van der Waals surface area contributed by atoms with Gasteiger partial charge in [0.25, 0.3) is 15.8 Å². The summed E-state index contributed by atoms with van der Waals surface area (Å²) in [7, 11) is -10.1. The maximum Gasteiger partial charge on any atom is 1.00 e. The molecule has 0 aliphatic heterocycles. The monoisotopic (exact) mass is 563 g/mol. The second-order valence-electron chi connectivity index (χ2n) is 7.12. The number of azo groups is 1. The number of hydrogen-bond donors (Lipinski definition) is 2. The molecule has 0 saturated carbocycles. The molecule has 4 aromatic rings. The van der Waals surface area contributed by atoms with Gasteiger partial charge in [-0.2, -0.15) is 8.42 Å². The van der Waals surface area contributed by atoms with Gasteiger partial charge < -0.3 is 14.8 Å². The van der Waals surface area contributed by atoms with Gasteiger partial charge in [0.15, 0.2) is 0 Å². The van der Waals surface area contributed by atoms with Crippen molar-refractivity contribution in [2.75, 3.05) is 0 Å².